The van der Waals surface area contributed by atoms with Crippen molar-refractivity contribution >= 4 is 17.3 Å². The van der Waals surface area contributed by atoms with Gasteiger partial charge in [-0.05, 0) is 43.9 Å². The molecule has 0 bridgehead atoms. The maximum atomic E-state index is 12.9. The van der Waals surface area contributed by atoms with Crippen molar-refractivity contribution in [2.24, 2.45) is 4.99 Å². The summed E-state index contributed by atoms with van der Waals surface area (Å²) in [6.07, 6.45) is 3.20. The highest BCUT2D eigenvalue weighted by Gasteiger charge is 2.00. The second-order valence-electron chi connectivity index (χ2n) is 5.32. The quantitative estimate of drug-likeness (QED) is 0.464. The van der Waals surface area contributed by atoms with Crippen molar-refractivity contribution in [3.05, 3.63) is 51.7 Å². The summed E-state index contributed by atoms with van der Waals surface area (Å²) in [5, 5.41) is 9.82. The molecule has 0 radical (unpaired) electrons. The summed E-state index contributed by atoms with van der Waals surface area (Å²) >= 11 is 1.73. The zero-order valence-electron chi connectivity index (χ0n) is 13.6. The number of thiazole rings is 1. The fourth-order valence-electron chi connectivity index (χ4n) is 2.13. The Bertz CT molecular complexity index is 622. The molecule has 1 aromatic heterocycles. The van der Waals surface area contributed by atoms with Gasteiger partial charge in [0.05, 0.1) is 5.01 Å². The van der Waals surface area contributed by atoms with E-state index in [1.807, 2.05) is 6.92 Å². The van der Waals surface area contributed by atoms with Crippen LogP contribution in [0, 0.1) is 12.7 Å². The minimum absolute atomic E-state index is 0.216. The number of hydrogen-bond donors (Lipinski definition) is 2. The molecule has 0 spiro atoms. The largest absolute Gasteiger partial charge is 0.356 e. The van der Waals surface area contributed by atoms with Crippen LogP contribution in [0.4, 0.5) is 4.39 Å². The Kier molecular flexibility index (Phi) is 7.00. The molecule has 1 aromatic carbocycles. The van der Waals surface area contributed by atoms with Gasteiger partial charge in [0.15, 0.2) is 5.96 Å². The summed E-state index contributed by atoms with van der Waals surface area (Å²) in [5.74, 6) is 0.547. The van der Waals surface area contributed by atoms with E-state index >= 15 is 0 Å². The highest BCUT2D eigenvalue weighted by Crippen LogP contribution is 2.11. The van der Waals surface area contributed by atoms with E-state index in [0.717, 1.165) is 43.0 Å². The fourth-order valence-corrected chi connectivity index (χ4v) is 2.95. The average Bonchev–Trinajstić information content (AvgIpc) is 2.97. The Balaban J connectivity index is 1.62. The van der Waals surface area contributed by atoms with Crippen LogP contribution in [0.2, 0.25) is 0 Å². The van der Waals surface area contributed by atoms with Crippen LogP contribution in [0.15, 0.2) is 34.6 Å². The van der Waals surface area contributed by atoms with Gasteiger partial charge >= 0.3 is 0 Å². The summed E-state index contributed by atoms with van der Waals surface area (Å²) in [5.41, 5.74) is 2.13. The van der Waals surface area contributed by atoms with Crippen LogP contribution in [0.25, 0.3) is 0 Å². The van der Waals surface area contributed by atoms with Crippen molar-refractivity contribution in [1.82, 2.24) is 15.6 Å². The third-order valence-electron chi connectivity index (χ3n) is 3.37. The van der Waals surface area contributed by atoms with Gasteiger partial charge in [0.25, 0.3) is 0 Å². The van der Waals surface area contributed by atoms with E-state index in [4.69, 9.17) is 0 Å². The molecule has 0 saturated carbocycles. The predicted molar refractivity (Wildman–Crippen MR) is 94.4 cm³/mol. The summed E-state index contributed by atoms with van der Waals surface area (Å²) in [6, 6.07) is 6.47. The standard InChI is InChI=1S/C17H23FN4S/c1-13-12-23-16(22-13)5-3-4-10-20-17(19-2)21-11-14-6-8-15(18)9-7-14/h6-9,12H,3-5,10-11H2,1-2H3,(H2,19,20,21). The summed E-state index contributed by atoms with van der Waals surface area (Å²) in [4.78, 5) is 8.65. The Morgan fingerprint density at radius 3 is 2.65 bits per heavy atom. The lowest BCUT2D eigenvalue weighted by molar-refractivity contribution is 0.626. The third kappa shape index (κ3) is 6.36. The van der Waals surface area contributed by atoms with Gasteiger partial charge in [0.1, 0.15) is 5.82 Å². The lowest BCUT2D eigenvalue weighted by atomic mass is 10.2. The monoisotopic (exact) mass is 334 g/mol. The van der Waals surface area contributed by atoms with Crippen LogP contribution in [-0.2, 0) is 13.0 Å². The molecule has 0 fully saturated rings. The number of halogens is 1. The Labute approximate surface area is 140 Å². The molecule has 0 unspecified atom stereocenters. The van der Waals surface area contributed by atoms with E-state index in [1.165, 1.54) is 17.1 Å². The average molecular weight is 334 g/mol. The van der Waals surface area contributed by atoms with Crippen molar-refractivity contribution in [3.8, 4) is 0 Å². The van der Waals surface area contributed by atoms with Crippen LogP contribution < -0.4 is 10.6 Å². The third-order valence-corrected chi connectivity index (χ3v) is 4.40. The highest BCUT2D eigenvalue weighted by atomic mass is 32.1. The molecule has 0 aliphatic heterocycles. The van der Waals surface area contributed by atoms with Gasteiger partial charge in [-0.2, -0.15) is 0 Å². The number of nitrogens with one attached hydrogen (secondary N) is 2. The number of guanidine groups is 1. The van der Waals surface area contributed by atoms with Gasteiger partial charge in [-0.25, -0.2) is 9.37 Å². The van der Waals surface area contributed by atoms with Gasteiger partial charge in [-0.1, -0.05) is 12.1 Å². The normalized spacial score (nSPS) is 11.5. The molecular formula is C17H23FN4S. The minimum Gasteiger partial charge on any atom is -0.356 e. The van der Waals surface area contributed by atoms with Gasteiger partial charge < -0.3 is 10.6 Å². The van der Waals surface area contributed by atoms with Crippen LogP contribution >= 0.6 is 11.3 Å². The number of aromatic nitrogens is 1. The van der Waals surface area contributed by atoms with Crippen molar-refractivity contribution in [2.45, 2.75) is 32.7 Å². The van der Waals surface area contributed by atoms with E-state index in [2.05, 4.69) is 26.0 Å². The molecule has 0 aliphatic rings. The maximum Gasteiger partial charge on any atom is 0.191 e. The molecule has 4 nitrogen and oxygen atoms in total. The molecule has 0 atom stereocenters. The number of aryl methyl sites for hydroxylation is 2. The Hall–Kier alpha value is -1.95. The number of benzene rings is 1. The zero-order chi connectivity index (χ0) is 16.5. The minimum atomic E-state index is -0.216. The lowest BCUT2D eigenvalue weighted by Gasteiger charge is -2.11. The molecule has 0 amide bonds. The zero-order valence-corrected chi connectivity index (χ0v) is 14.4. The number of unbranched alkanes of at least 4 members (excludes halogenated alkanes) is 1. The van der Waals surface area contributed by atoms with Crippen LogP contribution in [0.1, 0.15) is 29.1 Å². The second kappa shape index (κ2) is 9.25. The summed E-state index contributed by atoms with van der Waals surface area (Å²) < 4.78 is 12.9. The molecule has 23 heavy (non-hydrogen) atoms. The van der Waals surface area contributed by atoms with Crippen LogP contribution in [0.5, 0.6) is 0 Å². The molecule has 0 aliphatic carbocycles. The summed E-state index contributed by atoms with van der Waals surface area (Å²) in [7, 11) is 1.75. The van der Waals surface area contributed by atoms with Gasteiger partial charge in [-0.3, -0.25) is 4.99 Å². The molecule has 1 heterocycles. The first-order valence-corrected chi connectivity index (χ1v) is 8.65. The first-order chi connectivity index (χ1) is 11.2. The number of nitrogens with zero attached hydrogens (tertiary/aromatic N) is 2. The molecule has 2 rings (SSSR count). The SMILES string of the molecule is CN=C(NCCCCc1nc(C)cs1)NCc1ccc(F)cc1. The lowest BCUT2D eigenvalue weighted by Crippen LogP contribution is -2.37. The second-order valence-corrected chi connectivity index (χ2v) is 6.26. The first-order valence-electron chi connectivity index (χ1n) is 7.77. The van der Waals surface area contributed by atoms with E-state index in [-0.39, 0.29) is 5.82 Å². The molecule has 0 saturated heterocycles. The van der Waals surface area contributed by atoms with Gasteiger partial charge in [0, 0.05) is 31.2 Å². The molecule has 124 valence electrons. The first kappa shape index (κ1) is 17.4. The fraction of sp³-hybridized carbons (Fsp3) is 0.412. The van der Waals surface area contributed by atoms with E-state index in [0.29, 0.717) is 6.54 Å². The number of aliphatic imine (C=N–C) groups is 1. The van der Waals surface area contributed by atoms with Crippen LogP contribution in [-0.4, -0.2) is 24.5 Å². The smallest absolute Gasteiger partial charge is 0.191 e. The van der Waals surface area contributed by atoms with E-state index in [9.17, 15) is 4.39 Å². The van der Waals surface area contributed by atoms with Gasteiger partial charge in [-0.15, -0.1) is 11.3 Å². The Morgan fingerprint density at radius 2 is 2.00 bits per heavy atom. The van der Waals surface area contributed by atoms with Crippen LogP contribution in [0.3, 0.4) is 0 Å². The van der Waals surface area contributed by atoms with E-state index in [1.54, 1.807) is 30.5 Å². The van der Waals surface area contributed by atoms with Gasteiger partial charge in [0.2, 0.25) is 0 Å². The number of hydrogen-bond acceptors (Lipinski definition) is 3. The van der Waals surface area contributed by atoms with Crippen molar-refractivity contribution in [2.75, 3.05) is 13.6 Å². The van der Waals surface area contributed by atoms with Crippen molar-refractivity contribution < 1.29 is 4.39 Å². The topological polar surface area (TPSA) is 49.3 Å². The van der Waals surface area contributed by atoms with E-state index < -0.39 is 0 Å². The Morgan fingerprint density at radius 1 is 1.22 bits per heavy atom. The van der Waals surface area contributed by atoms with Crippen molar-refractivity contribution in [1.29, 1.82) is 0 Å². The van der Waals surface area contributed by atoms with Crippen molar-refractivity contribution in [3.63, 3.8) is 0 Å². The molecule has 2 N–H and O–H groups in total. The maximum absolute atomic E-state index is 12.9. The molecule has 6 heteroatoms. The predicted octanol–water partition coefficient (Wildman–Crippen LogP) is 3.28. The highest BCUT2D eigenvalue weighted by molar-refractivity contribution is 7.09. The molecule has 2 aromatic rings. The number of rotatable bonds is 7. The summed E-state index contributed by atoms with van der Waals surface area (Å²) in [6.45, 7) is 3.52. The molecular weight excluding hydrogens is 311 g/mol.